The summed E-state index contributed by atoms with van der Waals surface area (Å²) in [5.41, 5.74) is 4.57. The zero-order valence-corrected chi connectivity index (χ0v) is 9.18. The van der Waals surface area contributed by atoms with E-state index in [0.717, 1.165) is 23.8 Å². The van der Waals surface area contributed by atoms with E-state index in [2.05, 4.69) is 11.9 Å². The largest absolute Gasteiger partial charge is 0.449 e. The number of aromatic nitrogens is 2. The van der Waals surface area contributed by atoms with Crippen LogP contribution in [0.25, 0.3) is 0 Å². The van der Waals surface area contributed by atoms with Crippen molar-refractivity contribution in [1.82, 2.24) is 9.55 Å². The Balaban J connectivity index is 2.56. The number of hydrogen-bond donors (Lipinski definition) is 1. The Morgan fingerprint density at radius 2 is 2.31 bits per heavy atom. The summed E-state index contributed by atoms with van der Waals surface area (Å²) in [5.74, 6) is 0.0834. The van der Waals surface area contributed by atoms with Crippen LogP contribution in [-0.4, -0.2) is 22.3 Å². The van der Waals surface area contributed by atoms with E-state index in [1.165, 1.54) is 12.3 Å². The van der Waals surface area contributed by atoms with Crippen molar-refractivity contribution in [1.29, 1.82) is 0 Å². The van der Waals surface area contributed by atoms with E-state index in [9.17, 15) is 9.59 Å². The van der Waals surface area contributed by atoms with E-state index in [1.807, 2.05) is 0 Å². The standard InChI is InChI=1S/C10H15N3O3/c1-2-3-4-7-16-10(15)13-6-5-8(11)12-9(13)14/h5-6H,2-4,7H2,1H3,(H2,11,12,14). The molecule has 0 fully saturated rings. The smallest absolute Gasteiger partial charge is 0.422 e. The molecule has 1 heterocycles. The lowest BCUT2D eigenvalue weighted by Gasteiger charge is -2.05. The molecule has 0 unspecified atom stereocenters. The number of unbranched alkanes of at least 4 members (excludes halogenated alkanes) is 2. The molecule has 0 radical (unpaired) electrons. The summed E-state index contributed by atoms with van der Waals surface area (Å²) in [6, 6.07) is 1.37. The van der Waals surface area contributed by atoms with E-state index < -0.39 is 11.8 Å². The summed E-state index contributed by atoms with van der Waals surface area (Å²) < 4.78 is 5.69. The van der Waals surface area contributed by atoms with Gasteiger partial charge >= 0.3 is 11.8 Å². The first kappa shape index (κ1) is 12.2. The van der Waals surface area contributed by atoms with Gasteiger partial charge in [-0.05, 0) is 12.5 Å². The van der Waals surface area contributed by atoms with Crippen molar-refractivity contribution in [2.45, 2.75) is 26.2 Å². The molecule has 0 bridgehead atoms. The number of nitrogens with zero attached hydrogens (tertiary/aromatic N) is 2. The fraction of sp³-hybridized carbons (Fsp3) is 0.500. The average Bonchev–Trinajstić information content (AvgIpc) is 2.24. The summed E-state index contributed by atoms with van der Waals surface area (Å²) in [6.45, 7) is 2.36. The molecule has 0 spiro atoms. The summed E-state index contributed by atoms with van der Waals surface area (Å²) >= 11 is 0. The zero-order valence-electron chi connectivity index (χ0n) is 9.18. The van der Waals surface area contributed by atoms with Crippen LogP contribution in [0.15, 0.2) is 17.1 Å². The maximum Gasteiger partial charge on any atom is 0.422 e. The molecule has 0 aromatic carbocycles. The van der Waals surface area contributed by atoms with Gasteiger partial charge in [0.25, 0.3) is 0 Å². The lowest BCUT2D eigenvalue weighted by Crippen LogP contribution is -2.30. The minimum absolute atomic E-state index is 0.0834. The van der Waals surface area contributed by atoms with Gasteiger partial charge in [0.1, 0.15) is 5.82 Å². The first-order chi connectivity index (χ1) is 7.65. The summed E-state index contributed by atoms with van der Waals surface area (Å²) in [7, 11) is 0. The number of rotatable bonds is 4. The Kier molecular flexibility index (Phi) is 4.50. The molecule has 0 amide bonds. The number of anilines is 1. The average molecular weight is 225 g/mol. The molecule has 1 aromatic heterocycles. The molecule has 1 rings (SSSR count). The van der Waals surface area contributed by atoms with Crippen molar-refractivity contribution in [3.63, 3.8) is 0 Å². The van der Waals surface area contributed by atoms with E-state index in [-0.39, 0.29) is 5.82 Å². The molecule has 2 N–H and O–H groups in total. The third kappa shape index (κ3) is 3.38. The van der Waals surface area contributed by atoms with Crippen LogP contribution in [0.2, 0.25) is 0 Å². The lowest BCUT2D eigenvalue weighted by molar-refractivity contribution is 0.144. The van der Waals surface area contributed by atoms with Gasteiger partial charge in [-0.15, -0.1) is 0 Å². The number of ether oxygens (including phenoxy) is 1. The maximum absolute atomic E-state index is 11.4. The Labute approximate surface area is 93.0 Å². The molecule has 0 aliphatic heterocycles. The minimum atomic E-state index is -0.722. The lowest BCUT2D eigenvalue weighted by atomic mass is 10.3. The molecule has 1 aromatic rings. The van der Waals surface area contributed by atoms with Crippen molar-refractivity contribution in [2.75, 3.05) is 12.3 Å². The van der Waals surface area contributed by atoms with Crippen molar-refractivity contribution >= 4 is 11.9 Å². The van der Waals surface area contributed by atoms with Crippen LogP contribution < -0.4 is 11.4 Å². The number of nitrogen functional groups attached to an aromatic ring is 1. The normalized spacial score (nSPS) is 10.1. The van der Waals surface area contributed by atoms with E-state index >= 15 is 0 Å². The maximum atomic E-state index is 11.4. The number of hydrogen-bond acceptors (Lipinski definition) is 5. The second kappa shape index (κ2) is 5.89. The van der Waals surface area contributed by atoms with Crippen LogP contribution >= 0.6 is 0 Å². The van der Waals surface area contributed by atoms with Crippen LogP contribution in [0, 0.1) is 0 Å². The molecule has 6 nitrogen and oxygen atoms in total. The molecular weight excluding hydrogens is 210 g/mol. The highest BCUT2D eigenvalue weighted by Gasteiger charge is 2.08. The van der Waals surface area contributed by atoms with E-state index in [0.29, 0.717) is 6.61 Å². The van der Waals surface area contributed by atoms with Gasteiger partial charge in [-0.2, -0.15) is 4.98 Å². The van der Waals surface area contributed by atoms with Crippen molar-refractivity contribution in [3.05, 3.63) is 22.7 Å². The summed E-state index contributed by atoms with van der Waals surface area (Å²) in [5, 5.41) is 0. The molecule has 16 heavy (non-hydrogen) atoms. The van der Waals surface area contributed by atoms with Crippen LogP contribution in [0.1, 0.15) is 26.2 Å². The van der Waals surface area contributed by atoms with Crippen LogP contribution in [0.4, 0.5) is 10.6 Å². The highest BCUT2D eigenvalue weighted by Crippen LogP contribution is 1.96. The number of carbonyl (C=O) groups is 1. The quantitative estimate of drug-likeness (QED) is 0.772. The topological polar surface area (TPSA) is 87.2 Å². The van der Waals surface area contributed by atoms with Gasteiger partial charge in [0.2, 0.25) is 0 Å². The molecule has 0 atom stereocenters. The second-order valence-corrected chi connectivity index (χ2v) is 3.33. The SMILES string of the molecule is CCCCCOC(=O)n1ccc(N)nc1=O. The van der Waals surface area contributed by atoms with Gasteiger partial charge in [0.05, 0.1) is 6.61 Å². The van der Waals surface area contributed by atoms with Gasteiger partial charge in [0.15, 0.2) is 0 Å². The van der Waals surface area contributed by atoms with E-state index in [4.69, 9.17) is 10.5 Å². The van der Waals surface area contributed by atoms with Crippen LogP contribution in [0.3, 0.4) is 0 Å². The first-order valence-electron chi connectivity index (χ1n) is 5.17. The zero-order chi connectivity index (χ0) is 12.0. The van der Waals surface area contributed by atoms with E-state index in [1.54, 1.807) is 0 Å². The fourth-order valence-corrected chi connectivity index (χ4v) is 1.14. The minimum Gasteiger partial charge on any atom is -0.449 e. The van der Waals surface area contributed by atoms with Gasteiger partial charge in [-0.3, -0.25) is 0 Å². The summed E-state index contributed by atoms with van der Waals surface area (Å²) in [6.07, 6.45) is 3.36. The first-order valence-corrected chi connectivity index (χ1v) is 5.17. The highest BCUT2D eigenvalue weighted by molar-refractivity contribution is 5.70. The van der Waals surface area contributed by atoms with Crippen molar-refractivity contribution in [2.24, 2.45) is 0 Å². The Hall–Kier alpha value is -1.85. The molecule has 6 heteroatoms. The molecular formula is C10H15N3O3. The van der Waals surface area contributed by atoms with Crippen molar-refractivity contribution < 1.29 is 9.53 Å². The Morgan fingerprint density at radius 3 is 2.94 bits per heavy atom. The van der Waals surface area contributed by atoms with Gasteiger partial charge in [0, 0.05) is 6.20 Å². The Morgan fingerprint density at radius 1 is 1.56 bits per heavy atom. The Bertz CT molecular complexity index is 414. The third-order valence-corrected chi connectivity index (χ3v) is 2.00. The molecule has 0 saturated heterocycles. The fourth-order valence-electron chi connectivity index (χ4n) is 1.14. The molecule has 88 valence electrons. The monoisotopic (exact) mass is 225 g/mol. The second-order valence-electron chi connectivity index (χ2n) is 3.33. The third-order valence-electron chi connectivity index (χ3n) is 2.00. The van der Waals surface area contributed by atoms with Gasteiger partial charge < -0.3 is 10.5 Å². The molecule has 0 saturated carbocycles. The van der Waals surface area contributed by atoms with Crippen molar-refractivity contribution in [3.8, 4) is 0 Å². The van der Waals surface area contributed by atoms with Gasteiger partial charge in [-0.25, -0.2) is 14.2 Å². The summed E-state index contributed by atoms with van der Waals surface area (Å²) in [4.78, 5) is 26.1. The predicted molar refractivity (Wildman–Crippen MR) is 59.2 cm³/mol. The van der Waals surface area contributed by atoms with Gasteiger partial charge in [-0.1, -0.05) is 19.8 Å². The van der Waals surface area contributed by atoms with Crippen LogP contribution in [-0.2, 0) is 4.74 Å². The van der Waals surface area contributed by atoms with Crippen LogP contribution in [0.5, 0.6) is 0 Å². The predicted octanol–water partition coefficient (Wildman–Crippen LogP) is 1.00. The molecule has 0 aliphatic rings. The molecule has 0 aliphatic carbocycles. The number of carbonyl (C=O) groups excluding carboxylic acids is 1. The highest BCUT2D eigenvalue weighted by atomic mass is 16.5. The number of nitrogens with two attached hydrogens (primary N) is 1.